The van der Waals surface area contributed by atoms with Crippen LogP contribution in [0.15, 0.2) is 119 Å². The van der Waals surface area contributed by atoms with Gasteiger partial charge in [-0.15, -0.1) is 0 Å². The Morgan fingerprint density at radius 3 is 1.24 bits per heavy atom. The molecule has 4 aromatic rings. The van der Waals surface area contributed by atoms with E-state index < -0.39 is 0 Å². The minimum absolute atomic E-state index is 0.875. The van der Waals surface area contributed by atoms with E-state index >= 15 is 0 Å². The van der Waals surface area contributed by atoms with E-state index in [1.54, 1.807) is 0 Å². The number of hydrogen-bond donors (Lipinski definition) is 0. The van der Waals surface area contributed by atoms with Crippen LogP contribution in [0, 0.1) is 0 Å². The average molecular weight is 445 g/mol. The fourth-order valence-corrected chi connectivity index (χ4v) is 4.22. The molecule has 0 radical (unpaired) electrons. The van der Waals surface area contributed by atoms with Crippen LogP contribution in [0.5, 0.6) is 0 Å². The maximum atomic E-state index is 5.18. The molecule has 0 bridgehead atoms. The lowest BCUT2D eigenvalue weighted by molar-refractivity contribution is 0.386. The molecule has 0 atom stereocenters. The lowest BCUT2D eigenvalue weighted by Crippen LogP contribution is -2.51. The molecule has 0 unspecified atom stereocenters. The van der Waals surface area contributed by atoms with Gasteiger partial charge in [-0.05, 0) is 23.3 Å². The third kappa shape index (κ3) is 4.48. The van der Waals surface area contributed by atoms with Gasteiger partial charge in [0.15, 0.2) is 11.7 Å². The summed E-state index contributed by atoms with van der Waals surface area (Å²) >= 11 is 0. The standard InChI is InChI=1S/C30H28N4/c1-33-21-22-34(2)30(32-28-20-12-10-18-26(28)24-15-7-4-8-16-24)29(33)31-27-19-11-9-17-25(27)23-13-5-3-6-14-23/h3-20H,21-22H2,1-2H3. The molecule has 1 aliphatic rings. The van der Waals surface area contributed by atoms with Gasteiger partial charge in [0.2, 0.25) is 0 Å². The van der Waals surface area contributed by atoms with Crippen LogP contribution in [0.2, 0.25) is 0 Å². The monoisotopic (exact) mass is 444 g/mol. The van der Waals surface area contributed by atoms with Crippen molar-refractivity contribution in [3.05, 3.63) is 109 Å². The van der Waals surface area contributed by atoms with E-state index in [4.69, 9.17) is 9.98 Å². The van der Waals surface area contributed by atoms with Crippen molar-refractivity contribution in [1.82, 2.24) is 9.80 Å². The molecular formula is C30H28N4. The third-order valence-corrected chi connectivity index (χ3v) is 6.12. The number of likely N-dealkylation sites (N-methyl/N-ethyl adjacent to an activating group) is 2. The highest BCUT2D eigenvalue weighted by molar-refractivity contribution is 6.41. The predicted molar refractivity (Wildman–Crippen MR) is 143 cm³/mol. The van der Waals surface area contributed by atoms with Crippen LogP contribution in [-0.4, -0.2) is 48.7 Å². The largest absolute Gasteiger partial charge is 0.355 e. The van der Waals surface area contributed by atoms with Crippen molar-refractivity contribution in [3.63, 3.8) is 0 Å². The Bertz CT molecular complexity index is 1220. The summed E-state index contributed by atoms with van der Waals surface area (Å²) in [5, 5.41) is 0. The maximum Gasteiger partial charge on any atom is 0.172 e. The predicted octanol–water partition coefficient (Wildman–Crippen LogP) is 6.66. The number of rotatable bonds is 4. The van der Waals surface area contributed by atoms with E-state index in [9.17, 15) is 0 Å². The summed E-state index contributed by atoms with van der Waals surface area (Å²) in [6.07, 6.45) is 0. The second kappa shape index (κ2) is 9.75. The first-order valence-corrected chi connectivity index (χ1v) is 11.6. The van der Waals surface area contributed by atoms with Gasteiger partial charge in [-0.1, -0.05) is 97.1 Å². The zero-order valence-electron chi connectivity index (χ0n) is 19.6. The number of para-hydroxylation sites is 2. The van der Waals surface area contributed by atoms with Crippen molar-refractivity contribution < 1.29 is 0 Å². The van der Waals surface area contributed by atoms with Gasteiger partial charge in [0.05, 0.1) is 11.4 Å². The van der Waals surface area contributed by atoms with Gasteiger partial charge >= 0.3 is 0 Å². The van der Waals surface area contributed by atoms with E-state index in [-0.39, 0.29) is 0 Å². The molecule has 4 nitrogen and oxygen atoms in total. The first-order chi connectivity index (χ1) is 16.7. The van der Waals surface area contributed by atoms with Crippen LogP contribution in [0.3, 0.4) is 0 Å². The highest BCUT2D eigenvalue weighted by Gasteiger charge is 2.25. The maximum absolute atomic E-state index is 5.18. The van der Waals surface area contributed by atoms with Gasteiger partial charge < -0.3 is 9.80 Å². The smallest absolute Gasteiger partial charge is 0.172 e. The quantitative estimate of drug-likeness (QED) is 0.352. The number of aliphatic imine (C=N–C) groups is 2. The molecule has 0 amide bonds. The summed E-state index contributed by atoms with van der Waals surface area (Å²) < 4.78 is 0. The lowest BCUT2D eigenvalue weighted by atomic mass is 10.0. The fraction of sp³-hybridized carbons (Fsp3) is 0.133. The van der Waals surface area contributed by atoms with Crippen LogP contribution < -0.4 is 0 Å². The van der Waals surface area contributed by atoms with Gasteiger partial charge in [-0.3, -0.25) is 0 Å². The number of piperazine rings is 1. The molecular weight excluding hydrogens is 416 g/mol. The molecule has 0 aliphatic carbocycles. The zero-order chi connectivity index (χ0) is 23.3. The van der Waals surface area contributed by atoms with E-state index in [0.29, 0.717) is 0 Å². The number of hydrogen-bond acceptors (Lipinski definition) is 2. The molecule has 4 heteroatoms. The van der Waals surface area contributed by atoms with Crippen LogP contribution >= 0.6 is 0 Å². The Kier molecular flexibility index (Phi) is 6.21. The topological polar surface area (TPSA) is 31.2 Å². The summed E-state index contributed by atoms with van der Waals surface area (Å²) in [5.41, 5.74) is 6.41. The van der Waals surface area contributed by atoms with Crippen LogP contribution in [0.25, 0.3) is 22.3 Å². The molecule has 0 spiro atoms. The molecule has 0 saturated carbocycles. The summed E-state index contributed by atoms with van der Waals surface area (Å²) in [7, 11) is 4.19. The van der Waals surface area contributed by atoms with Gasteiger partial charge in [0.1, 0.15) is 0 Å². The lowest BCUT2D eigenvalue weighted by Gasteiger charge is -2.35. The Morgan fingerprint density at radius 2 is 0.824 bits per heavy atom. The van der Waals surface area contributed by atoms with Gasteiger partial charge in [-0.25, -0.2) is 9.98 Å². The molecule has 1 saturated heterocycles. The third-order valence-electron chi connectivity index (χ3n) is 6.12. The van der Waals surface area contributed by atoms with Crippen molar-refractivity contribution in [2.75, 3.05) is 27.2 Å². The number of nitrogens with zero attached hydrogens (tertiary/aromatic N) is 4. The van der Waals surface area contributed by atoms with Gasteiger partial charge in [-0.2, -0.15) is 0 Å². The van der Waals surface area contributed by atoms with Gasteiger partial charge in [0.25, 0.3) is 0 Å². The minimum Gasteiger partial charge on any atom is -0.355 e. The van der Waals surface area contributed by atoms with Crippen molar-refractivity contribution in [2.24, 2.45) is 9.98 Å². The number of amidine groups is 2. The van der Waals surface area contributed by atoms with Crippen molar-refractivity contribution in [2.45, 2.75) is 0 Å². The summed E-state index contributed by atoms with van der Waals surface area (Å²) in [6.45, 7) is 1.78. The summed E-state index contributed by atoms with van der Waals surface area (Å²) in [5.74, 6) is 1.75. The van der Waals surface area contributed by atoms with Gasteiger partial charge in [0, 0.05) is 38.3 Å². The average Bonchev–Trinajstić information content (AvgIpc) is 2.90. The fourth-order valence-electron chi connectivity index (χ4n) is 4.22. The van der Waals surface area contributed by atoms with Crippen LogP contribution in [0.4, 0.5) is 11.4 Å². The zero-order valence-corrected chi connectivity index (χ0v) is 19.6. The normalized spacial score (nSPS) is 16.3. The Balaban J connectivity index is 1.63. The van der Waals surface area contributed by atoms with Crippen LogP contribution in [0.1, 0.15) is 0 Å². The molecule has 1 heterocycles. The van der Waals surface area contributed by atoms with E-state index in [2.05, 4.69) is 109 Å². The highest BCUT2D eigenvalue weighted by Crippen LogP contribution is 2.33. The molecule has 4 aromatic carbocycles. The molecule has 168 valence electrons. The van der Waals surface area contributed by atoms with Crippen LogP contribution in [-0.2, 0) is 0 Å². The molecule has 5 rings (SSSR count). The summed E-state index contributed by atoms with van der Waals surface area (Å²) in [6, 6.07) is 37.4. The first kappa shape index (κ1) is 21.7. The SMILES string of the molecule is CN1CCN(C)C(=Nc2ccccc2-c2ccccc2)C1=Nc1ccccc1-c1ccccc1. The molecule has 34 heavy (non-hydrogen) atoms. The van der Waals surface area contributed by atoms with Crippen molar-refractivity contribution in [1.29, 1.82) is 0 Å². The molecule has 0 N–H and O–H groups in total. The second-order valence-electron chi connectivity index (χ2n) is 8.48. The number of benzene rings is 4. The molecule has 0 aromatic heterocycles. The second-order valence-corrected chi connectivity index (χ2v) is 8.48. The minimum atomic E-state index is 0.875. The van der Waals surface area contributed by atoms with Crippen molar-refractivity contribution in [3.8, 4) is 22.3 Å². The Labute approximate surface area is 201 Å². The Morgan fingerprint density at radius 1 is 0.471 bits per heavy atom. The highest BCUT2D eigenvalue weighted by atomic mass is 15.3. The van der Waals surface area contributed by atoms with E-state index in [1.807, 2.05) is 24.3 Å². The molecule has 1 fully saturated rings. The van der Waals surface area contributed by atoms with E-state index in [1.165, 1.54) is 0 Å². The van der Waals surface area contributed by atoms with Crippen molar-refractivity contribution >= 4 is 23.0 Å². The summed E-state index contributed by atoms with van der Waals surface area (Å²) in [4.78, 5) is 14.8. The van der Waals surface area contributed by atoms with E-state index in [0.717, 1.165) is 58.4 Å². The first-order valence-electron chi connectivity index (χ1n) is 11.6. The molecule has 1 aliphatic heterocycles. The Hall–Kier alpha value is -4.18.